The number of para-hydroxylation sites is 1. The van der Waals surface area contributed by atoms with Crippen LogP contribution in [-0.4, -0.2) is 10.5 Å². The van der Waals surface area contributed by atoms with Gasteiger partial charge in [-0.15, -0.1) is 0 Å². The topological polar surface area (TPSA) is 57.8 Å². The van der Waals surface area contributed by atoms with E-state index >= 15 is 0 Å². The van der Waals surface area contributed by atoms with E-state index in [-0.39, 0.29) is 11.6 Å². The van der Waals surface area contributed by atoms with Crippen molar-refractivity contribution in [1.82, 2.24) is 4.57 Å². The number of nitrogens with zero attached hydrogens (tertiary/aromatic N) is 2. The Morgan fingerprint density at radius 1 is 1.19 bits per heavy atom. The maximum Gasteiger partial charge on any atom is 0.266 e. The van der Waals surface area contributed by atoms with Gasteiger partial charge in [0.1, 0.15) is 11.6 Å². The molecule has 136 valence electrons. The van der Waals surface area contributed by atoms with E-state index in [4.69, 9.17) is 0 Å². The normalized spacial score (nSPS) is 11.6. The van der Waals surface area contributed by atoms with Gasteiger partial charge < -0.3 is 9.88 Å². The summed E-state index contributed by atoms with van der Waals surface area (Å²) in [6, 6.07) is 16.2. The predicted molar refractivity (Wildman–Crippen MR) is 110 cm³/mol. The number of rotatable bonds is 4. The molecule has 0 atom stereocenters. The van der Waals surface area contributed by atoms with Crippen LogP contribution in [-0.2, 0) is 4.79 Å². The molecule has 0 saturated carbocycles. The molecule has 0 unspecified atom stereocenters. The fraction of sp³-hybridized carbons (Fsp3) is 0.217. The summed E-state index contributed by atoms with van der Waals surface area (Å²) < 4.78 is 2.15. The number of fused-ring (bicyclic) bond motifs is 1. The van der Waals surface area contributed by atoms with Gasteiger partial charge in [0.05, 0.1) is 0 Å². The number of hydrogen-bond acceptors (Lipinski definition) is 2. The van der Waals surface area contributed by atoms with Crippen molar-refractivity contribution in [3.63, 3.8) is 0 Å². The predicted octanol–water partition coefficient (Wildman–Crippen LogP) is 5.38. The van der Waals surface area contributed by atoms with Crippen LogP contribution in [0.4, 0.5) is 5.69 Å². The van der Waals surface area contributed by atoms with Crippen LogP contribution in [0.5, 0.6) is 0 Å². The summed E-state index contributed by atoms with van der Waals surface area (Å²) in [5, 5.41) is 13.4. The number of aromatic nitrogens is 1. The minimum absolute atomic E-state index is 0.0848. The minimum atomic E-state index is -0.397. The van der Waals surface area contributed by atoms with Crippen molar-refractivity contribution in [2.75, 3.05) is 5.32 Å². The second kappa shape index (κ2) is 7.51. The van der Waals surface area contributed by atoms with E-state index in [0.717, 1.165) is 33.3 Å². The van der Waals surface area contributed by atoms with Crippen molar-refractivity contribution in [2.45, 2.75) is 33.7 Å². The molecule has 27 heavy (non-hydrogen) atoms. The van der Waals surface area contributed by atoms with Crippen LogP contribution in [0.1, 0.15) is 36.6 Å². The fourth-order valence-corrected chi connectivity index (χ4v) is 3.22. The van der Waals surface area contributed by atoms with Crippen molar-refractivity contribution in [2.24, 2.45) is 0 Å². The molecule has 1 amide bonds. The first-order valence-electron chi connectivity index (χ1n) is 9.00. The molecule has 4 nitrogen and oxygen atoms in total. The van der Waals surface area contributed by atoms with E-state index in [1.165, 1.54) is 0 Å². The number of benzene rings is 2. The Labute approximate surface area is 159 Å². The third kappa shape index (κ3) is 3.78. The van der Waals surface area contributed by atoms with Gasteiger partial charge in [0.25, 0.3) is 5.91 Å². The summed E-state index contributed by atoms with van der Waals surface area (Å²) in [5.41, 5.74) is 4.86. The summed E-state index contributed by atoms with van der Waals surface area (Å²) >= 11 is 0. The zero-order valence-electron chi connectivity index (χ0n) is 16.1. The molecule has 0 aliphatic heterocycles. The number of anilines is 1. The van der Waals surface area contributed by atoms with Gasteiger partial charge in [-0.25, -0.2) is 0 Å². The van der Waals surface area contributed by atoms with Crippen molar-refractivity contribution >= 4 is 28.6 Å². The number of carbonyl (C=O) groups excluding carboxylic acids is 1. The summed E-state index contributed by atoms with van der Waals surface area (Å²) in [4.78, 5) is 12.7. The van der Waals surface area contributed by atoms with Gasteiger partial charge in [-0.05, 0) is 51.5 Å². The Hall–Kier alpha value is -3.32. The van der Waals surface area contributed by atoms with Gasteiger partial charge in [0.2, 0.25) is 0 Å². The standard InChI is InChI=1S/C23H23N3O/c1-15(2)26-14-19(20-7-5-6-8-22(20)26)12-18(13-24)23(27)25-21-10-9-16(3)11-17(21)4/h5-12,14-15H,1-4H3,(H,25,27)/b18-12+. The average Bonchev–Trinajstić information content (AvgIpc) is 3.01. The minimum Gasteiger partial charge on any atom is -0.344 e. The van der Waals surface area contributed by atoms with E-state index in [9.17, 15) is 10.1 Å². The van der Waals surface area contributed by atoms with Crippen molar-refractivity contribution in [1.29, 1.82) is 5.26 Å². The lowest BCUT2D eigenvalue weighted by Gasteiger charge is -2.08. The van der Waals surface area contributed by atoms with Crippen LogP contribution < -0.4 is 5.32 Å². The van der Waals surface area contributed by atoms with E-state index in [2.05, 4.69) is 29.8 Å². The maximum absolute atomic E-state index is 12.7. The van der Waals surface area contributed by atoms with Gasteiger partial charge in [-0.3, -0.25) is 4.79 Å². The largest absolute Gasteiger partial charge is 0.344 e. The van der Waals surface area contributed by atoms with Gasteiger partial charge in [-0.2, -0.15) is 5.26 Å². The Morgan fingerprint density at radius 3 is 2.59 bits per heavy atom. The summed E-state index contributed by atoms with van der Waals surface area (Å²) in [5.74, 6) is -0.397. The SMILES string of the molecule is Cc1ccc(NC(=O)/C(C#N)=C/c2cn(C(C)C)c3ccccc23)c(C)c1. The van der Waals surface area contributed by atoms with Gasteiger partial charge in [0.15, 0.2) is 0 Å². The van der Waals surface area contributed by atoms with Crippen molar-refractivity contribution in [3.05, 3.63) is 70.9 Å². The number of amides is 1. The summed E-state index contributed by atoms with van der Waals surface area (Å²) in [6.07, 6.45) is 3.66. The fourth-order valence-electron chi connectivity index (χ4n) is 3.22. The highest BCUT2D eigenvalue weighted by molar-refractivity contribution is 6.11. The first kappa shape index (κ1) is 18.5. The number of carbonyl (C=O) groups is 1. The highest BCUT2D eigenvalue weighted by Gasteiger charge is 2.14. The third-order valence-corrected chi connectivity index (χ3v) is 4.62. The lowest BCUT2D eigenvalue weighted by atomic mass is 10.1. The summed E-state index contributed by atoms with van der Waals surface area (Å²) in [7, 11) is 0. The molecule has 4 heteroatoms. The van der Waals surface area contributed by atoms with E-state index < -0.39 is 5.91 Å². The molecule has 2 aromatic carbocycles. The van der Waals surface area contributed by atoms with Crippen LogP contribution in [0.15, 0.2) is 54.2 Å². The highest BCUT2D eigenvalue weighted by atomic mass is 16.1. The van der Waals surface area contributed by atoms with Gasteiger partial charge in [0, 0.05) is 34.4 Å². The van der Waals surface area contributed by atoms with Gasteiger partial charge >= 0.3 is 0 Å². The molecule has 0 radical (unpaired) electrons. The maximum atomic E-state index is 12.7. The van der Waals surface area contributed by atoms with Crippen LogP contribution >= 0.6 is 0 Å². The first-order valence-corrected chi connectivity index (χ1v) is 9.00. The van der Waals surface area contributed by atoms with Gasteiger partial charge in [-0.1, -0.05) is 35.9 Å². The zero-order chi connectivity index (χ0) is 19.6. The van der Waals surface area contributed by atoms with E-state index in [1.807, 2.05) is 62.5 Å². The van der Waals surface area contributed by atoms with Crippen LogP contribution in [0.3, 0.4) is 0 Å². The van der Waals surface area contributed by atoms with Crippen LogP contribution in [0, 0.1) is 25.2 Å². The Balaban J connectivity index is 1.98. The molecule has 0 fully saturated rings. The average molecular weight is 357 g/mol. The number of hydrogen-bond donors (Lipinski definition) is 1. The van der Waals surface area contributed by atoms with E-state index in [1.54, 1.807) is 6.08 Å². The number of nitrogens with one attached hydrogen (secondary N) is 1. The lowest BCUT2D eigenvalue weighted by molar-refractivity contribution is -0.112. The second-order valence-electron chi connectivity index (χ2n) is 7.04. The van der Waals surface area contributed by atoms with Crippen LogP contribution in [0.2, 0.25) is 0 Å². The Morgan fingerprint density at radius 2 is 1.93 bits per heavy atom. The van der Waals surface area contributed by atoms with Crippen LogP contribution in [0.25, 0.3) is 17.0 Å². The molecule has 0 saturated heterocycles. The molecule has 1 aromatic heterocycles. The molecule has 0 spiro atoms. The Bertz CT molecular complexity index is 1080. The smallest absolute Gasteiger partial charge is 0.266 e. The lowest BCUT2D eigenvalue weighted by Crippen LogP contribution is -2.14. The quantitative estimate of drug-likeness (QED) is 0.503. The second-order valence-corrected chi connectivity index (χ2v) is 7.04. The third-order valence-electron chi connectivity index (χ3n) is 4.62. The molecule has 3 rings (SSSR count). The number of aryl methyl sites for hydroxylation is 2. The molecule has 1 heterocycles. The molecule has 0 aliphatic rings. The Kier molecular flexibility index (Phi) is 5.14. The van der Waals surface area contributed by atoms with Crippen molar-refractivity contribution < 1.29 is 4.79 Å². The zero-order valence-corrected chi connectivity index (χ0v) is 16.1. The molecular weight excluding hydrogens is 334 g/mol. The number of nitriles is 1. The van der Waals surface area contributed by atoms with Crippen molar-refractivity contribution in [3.8, 4) is 6.07 Å². The molecular formula is C23H23N3O. The highest BCUT2D eigenvalue weighted by Crippen LogP contribution is 2.26. The summed E-state index contributed by atoms with van der Waals surface area (Å²) in [6.45, 7) is 8.16. The molecule has 0 bridgehead atoms. The molecule has 0 aliphatic carbocycles. The first-order chi connectivity index (χ1) is 12.9. The monoisotopic (exact) mass is 357 g/mol. The molecule has 3 aromatic rings. The van der Waals surface area contributed by atoms with E-state index in [0.29, 0.717) is 0 Å². The molecule has 1 N–H and O–H groups in total.